The minimum Gasteiger partial charge on any atom is -0.467 e. The largest absolute Gasteiger partial charge is 0.467 e. The molecule has 0 N–H and O–H groups in total. The molecular formula is C23H23NO4S. The van der Waals surface area contributed by atoms with Crippen LogP contribution >= 0.6 is 0 Å². The Hall–Kier alpha value is -2.86. The molecule has 6 heteroatoms. The Kier molecular flexibility index (Phi) is 5.53. The van der Waals surface area contributed by atoms with Gasteiger partial charge in [0.05, 0.1) is 30.7 Å². The minimum atomic E-state index is -3.09. The van der Waals surface area contributed by atoms with Gasteiger partial charge in [-0.15, -0.1) is 0 Å². The van der Waals surface area contributed by atoms with Crippen molar-refractivity contribution in [2.24, 2.45) is 0 Å². The molecule has 5 nitrogen and oxygen atoms in total. The summed E-state index contributed by atoms with van der Waals surface area (Å²) in [7, 11) is -3.09. The van der Waals surface area contributed by atoms with Crippen LogP contribution < -0.4 is 0 Å². The van der Waals surface area contributed by atoms with Crippen LogP contribution in [0.5, 0.6) is 0 Å². The maximum Gasteiger partial charge on any atom is 0.227 e. The predicted molar refractivity (Wildman–Crippen MR) is 112 cm³/mol. The zero-order valence-electron chi connectivity index (χ0n) is 16.0. The fourth-order valence-corrected chi connectivity index (χ4v) is 5.47. The summed E-state index contributed by atoms with van der Waals surface area (Å²) in [6.07, 6.45) is 2.26. The molecule has 1 aliphatic heterocycles. The second-order valence-electron chi connectivity index (χ2n) is 7.40. The maximum atomic E-state index is 13.1. The lowest BCUT2D eigenvalue weighted by Crippen LogP contribution is -2.41. The first-order valence-corrected chi connectivity index (χ1v) is 11.5. The van der Waals surface area contributed by atoms with Crippen molar-refractivity contribution in [1.29, 1.82) is 0 Å². The number of carbonyl (C=O) groups excluding carboxylic acids is 1. The smallest absolute Gasteiger partial charge is 0.227 e. The monoisotopic (exact) mass is 409 g/mol. The summed E-state index contributed by atoms with van der Waals surface area (Å²) in [6.45, 7) is 0.286. The van der Waals surface area contributed by atoms with Crippen molar-refractivity contribution in [3.05, 3.63) is 84.3 Å². The highest BCUT2D eigenvalue weighted by atomic mass is 32.2. The minimum absolute atomic E-state index is 0.0202. The Morgan fingerprint density at radius 1 is 0.966 bits per heavy atom. The summed E-state index contributed by atoms with van der Waals surface area (Å²) in [5.41, 5.74) is 3.12. The van der Waals surface area contributed by atoms with Crippen molar-refractivity contribution in [3.63, 3.8) is 0 Å². The molecule has 1 aromatic heterocycles. The van der Waals surface area contributed by atoms with Gasteiger partial charge in [0.25, 0.3) is 0 Å². The molecule has 4 rings (SSSR count). The van der Waals surface area contributed by atoms with Gasteiger partial charge in [0.15, 0.2) is 9.84 Å². The highest BCUT2D eigenvalue weighted by Crippen LogP contribution is 2.23. The highest BCUT2D eigenvalue weighted by Gasteiger charge is 2.35. The first kappa shape index (κ1) is 19.5. The lowest BCUT2D eigenvalue weighted by molar-refractivity contribution is -0.133. The van der Waals surface area contributed by atoms with E-state index in [9.17, 15) is 13.2 Å². The molecule has 0 bridgehead atoms. The molecule has 29 heavy (non-hydrogen) atoms. The van der Waals surface area contributed by atoms with Gasteiger partial charge in [-0.1, -0.05) is 54.6 Å². The van der Waals surface area contributed by atoms with E-state index in [4.69, 9.17) is 4.42 Å². The quantitative estimate of drug-likeness (QED) is 0.623. The zero-order chi connectivity index (χ0) is 20.3. The molecule has 0 radical (unpaired) electrons. The molecule has 0 aliphatic carbocycles. The van der Waals surface area contributed by atoms with Gasteiger partial charge >= 0.3 is 0 Å². The number of benzene rings is 2. The molecule has 1 aliphatic rings. The molecule has 1 atom stereocenters. The van der Waals surface area contributed by atoms with Gasteiger partial charge in [-0.05, 0) is 35.2 Å². The molecule has 3 aromatic rings. The molecule has 0 unspecified atom stereocenters. The Balaban J connectivity index is 1.50. The van der Waals surface area contributed by atoms with E-state index < -0.39 is 9.84 Å². The van der Waals surface area contributed by atoms with Gasteiger partial charge in [-0.3, -0.25) is 4.79 Å². The lowest BCUT2D eigenvalue weighted by atomic mass is 10.0. The number of hydrogen-bond donors (Lipinski definition) is 0. The van der Waals surface area contributed by atoms with Crippen molar-refractivity contribution >= 4 is 15.7 Å². The first-order chi connectivity index (χ1) is 14.0. The molecule has 1 amide bonds. The Bertz CT molecular complexity index is 1060. The average Bonchev–Trinajstić information content (AvgIpc) is 3.36. The maximum absolute atomic E-state index is 13.1. The van der Waals surface area contributed by atoms with Gasteiger partial charge in [0.1, 0.15) is 5.76 Å². The van der Waals surface area contributed by atoms with E-state index in [1.807, 2.05) is 54.6 Å². The zero-order valence-corrected chi connectivity index (χ0v) is 16.8. The average molecular weight is 410 g/mol. The van der Waals surface area contributed by atoms with Crippen LogP contribution in [0.1, 0.15) is 17.7 Å². The van der Waals surface area contributed by atoms with Crippen molar-refractivity contribution in [1.82, 2.24) is 4.90 Å². The van der Waals surface area contributed by atoms with Crippen LogP contribution in [0.25, 0.3) is 11.1 Å². The molecule has 1 fully saturated rings. The second-order valence-corrected chi connectivity index (χ2v) is 9.63. The summed E-state index contributed by atoms with van der Waals surface area (Å²) in [5, 5.41) is 0. The van der Waals surface area contributed by atoms with Gasteiger partial charge < -0.3 is 9.32 Å². The third-order valence-corrected chi connectivity index (χ3v) is 7.04. The Morgan fingerprint density at radius 2 is 1.69 bits per heavy atom. The Morgan fingerprint density at radius 3 is 2.31 bits per heavy atom. The van der Waals surface area contributed by atoms with E-state index in [-0.39, 0.29) is 36.4 Å². The fourth-order valence-electron chi connectivity index (χ4n) is 3.73. The van der Waals surface area contributed by atoms with Crippen molar-refractivity contribution in [2.75, 3.05) is 11.5 Å². The topological polar surface area (TPSA) is 67.6 Å². The molecule has 1 saturated heterocycles. The number of rotatable bonds is 6. The number of carbonyl (C=O) groups is 1. The van der Waals surface area contributed by atoms with Crippen molar-refractivity contribution in [3.8, 4) is 11.1 Å². The normalized spacial score (nSPS) is 17.9. The molecule has 0 spiro atoms. The summed E-state index contributed by atoms with van der Waals surface area (Å²) in [4.78, 5) is 14.7. The van der Waals surface area contributed by atoms with Crippen LogP contribution in [0.3, 0.4) is 0 Å². The van der Waals surface area contributed by atoms with E-state index in [2.05, 4.69) is 0 Å². The number of sulfone groups is 1. The van der Waals surface area contributed by atoms with E-state index in [1.54, 1.807) is 23.3 Å². The standard InChI is InChI=1S/C23H23NO4S/c25-23(15-18-8-10-20(11-9-18)19-5-2-1-3-6-19)24(16-22-7-4-13-28-22)21-12-14-29(26,27)17-21/h1-11,13,21H,12,14-17H2/t21-/m0/s1. The number of hydrogen-bond acceptors (Lipinski definition) is 4. The predicted octanol–water partition coefficient (Wildman–Crippen LogP) is 3.71. The second kappa shape index (κ2) is 8.25. The van der Waals surface area contributed by atoms with Crippen LogP contribution in [-0.4, -0.2) is 36.8 Å². The van der Waals surface area contributed by atoms with E-state index >= 15 is 0 Å². The first-order valence-electron chi connectivity index (χ1n) is 9.67. The SMILES string of the molecule is O=C(Cc1ccc(-c2ccccc2)cc1)N(Cc1ccco1)[C@H]1CCS(=O)(=O)C1. The summed E-state index contributed by atoms with van der Waals surface area (Å²) in [5.74, 6) is 0.718. The summed E-state index contributed by atoms with van der Waals surface area (Å²) in [6, 6.07) is 21.3. The Labute approximate surface area is 170 Å². The van der Waals surface area contributed by atoms with E-state index in [1.165, 1.54) is 0 Å². The number of amides is 1. The van der Waals surface area contributed by atoms with Crippen LogP contribution in [0.2, 0.25) is 0 Å². The summed E-state index contributed by atoms with van der Waals surface area (Å²) < 4.78 is 29.3. The van der Waals surface area contributed by atoms with Crippen LogP contribution in [0, 0.1) is 0 Å². The fraction of sp³-hybridized carbons (Fsp3) is 0.261. The van der Waals surface area contributed by atoms with Gasteiger partial charge in [0.2, 0.25) is 5.91 Å². The third-order valence-electron chi connectivity index (χ3n) is 5.29. The lowest BCUT2D eigenvalue weighted by Gasteiger charge is -2.27. The van der Waals surface area contributed by atoms with Crippen LogP contribution in [0.15, 0.2) is 77.4 Å². The van der Waals surface area contributed by atoms with Crippen LogP contribution in [-0.2, 0) is 27.6 Å². The molecule has 2 heterocycles. The molecular weight excluding hydrogens is 386 g/mol. The van der Waals surface area contributed by atoms with Crippen molar-refractivity contribution < 1.29 is 17.6 Å². The number of nitrogens with zero attached hydrogens (tertiary/aromatic N) is 1. The third kappa shape index (κ3) is 4.77. The molecule has 2 aromatic carbocycles. The van der Waals surface area contributed by atoms with E-state index in [0.717, 1.165) is 16.7 Å². The van der Waals surface area contributed by atoms with Gasteiger partial charge in [-0.25, -0.2) is 8.42 Å². The van der Waals surface area contributed by atoms with Crippen molar-refractivity contribution in [2.45, 2.75) is 25.4 Å². The molecule has 0 saturated carbocycles. The van der Waals surface area contributed by atoms with E-state index in [0.29, 0.717) is 12.2 Å². The van der Waals surface area contributed by atoms with Gasteiger partial charge in [-0.2, -0.15) is 0 Å². The number of furan rings is 1. The molecule has 150 valence electrons. The van der Waals surface area contributed by atoms with Gasteiger partial charge in [0, 0.05) is 6.04 Å². The summed E-state index contributed by atoms with van der Waals surface area (Å²) >= 11 is 0. The highest BCUT2D eigenvalue weighted by molar-refractivity contribution is 7.91. The van der Waals surface area contributed by atoms with Crippen LogP contribution in [0.4, 0.5) is 0 Å².